The molecule has 6 nitrogen and oxygen atoms in total. The molecule has 2 saturated heterocycles. The van der Waals surface area contributed by atoms with Crippen LogP contribution in [0.2, 0.25) is 0 Å². The second-order valence-electron chi connectivity index (χ2n) is 6.23. The molecule has 2 aliphatic rings. The van der Waals surface area contributed by atoms with Crippen LogP contribution in [0.4, 0.5) is 0 Å². The fourth-order valence-corrected chi connectivity index (χ4v) is 3.24. The summed E-state index contributed by atoms with van der Waals surface area (Å²) >= 11 is 0. The van der Waals surface area contributed by atoms with Gasteiger partial charge in [-0.05, 0) is 31.6 Å². The van der Waals surface area contributed by atoms with Gasteiger partial charge in [0, 0.05) is 45.4 Å². The molecular formula is C15H24N2O4. The van der Waals surface area contributed by atoms with Crippen molar-refractivity contribution in [3.63, 3.8) is 0 Å². The summed E-state index contributed by atoms with van der Waals surface area (Å²) in [7, 11) is 1.77. The predicted molar refractivity (Wildman–Crippen MR) is 76.5 cm³/mol. The Kier molecular flexibility index (Phi) is 5.20. The number of carbonyl (C=O) groups is 3. The van der Waals surface area contributed by atoms with E-state index in [1.54, 1.807) is 11.9 Å². The van der Waals surface area contributed by atoms with Gasteiger partial charge in [-0.25, -0.2) is 0 Å². The normalized spacial score (nSPS) is 26.8. The number of amides is 2. The standard InChI is InChI=1S/C15H24N2O4/c1-16-8-6-12(9-13(16)18)15(21)17-7-2-3-11(10-17)4-5-14(19)20/h11-12H,2-10H2,1H3,(H,19,20). The molecule has 6 heteroatoms. The summed E-state index contributed by atoms with van der Waals surface area (Å²) in [5, 5.41) is 8.75. The smallest absolute Gasteiger partial charge is 0.303 e. The van der Waals surface area contributed by atoms with E-state index < -0.39 is 5.97 Å². The van der Waals surface area contributed by atoms with E-state index in [2.05, 4.69) is 0 Å². The number of rotatable bonds is 4. The van der Waals surface area contributed by atoms with Gasteiger partial charge in [0.1, 0.15) is 0 Å². The molecule has 0 saturated carbocycles. The Labute approximate surface area is 125 Å². The Balaban J connectivity index is 1.87. The van der Waals surface area contributed by atoms with E-state index in [1.165, 1.54) is 0 Å². The zero-order valence-corrected chi connectivity index (χ0v) is 12.6. The summed E-state index contributed by atoms with van der Waals surface area (Å²) in [6.45, 7) is 2.03. The molecule has 0 spiro atoms. The summed E-state index contributed by atoms with van der Waals surface area (Å²) in [6, 6.07) is 0. The average molecular weight is 296 g/mol. The summed E-state index contributed by atoms with van der Waals surface area (Å²) in [4.78, 5) is 38.4. The molecule has 2 aliphatic heterocycles. The number of piperidine rings is 2. The highest BCUT2D eigenvalue weighted by Crippen LogP contribution is 2.25. The van der Waals surface area contributed by atoms with Crippen molar-refractivity contribution in [1.29, 1.82) is 0 Å². The number of likely N-dealkylation sites (tertiary alicyclic amines) is 2. The summed E-state index contributed by atoms with van der Waals surface area (Å²) < 4.78 is 0. The van der Waals surface area contributed by atoms with Gasteiger partial charge in [-0.3, -0.25) is 14.4 Å². The highest BCUT2D eigenvalue weighted by atomic mass is 16.4. The number of aliphatic carboxylic acids is 1. The number of carboxylic acids is 1. The lowest BCUT2D eigenvalue weighted by Gasteiger charge is -2.36. The summed E-state index contributed by atoms with van der Waals surface area (Å²) in [5.74, 6) is -0.567. The maximum Gasteiger partial charge on any atom is 0.303 e. The first-order chi connectivity index (χ1) is 9.97. The second-order valence-corrected chi connectivity index (χ2v) is 6.23. The SMILES string of the molecule is CN1CCC(C(=O)N2CCCC(CCC(=O)O)C2)CC1=O. The zero-order chi connectivity index (χ0) is 15.4. The van der Waals surface area contributed by atoms with Crippen molar-refractivity contribution in [3.05, 3.63) is 0 Å². The summed E-state index contributed by atoms with van der Waals surface area (Å²) in [6.07, 6.45) is 3.76. The van der Waals surface area contributed by atoms with Crippen molar-refractivity contribution in [3.8, 4) is 0 Å². The van der Waals surface area contributed by atoms with Crippen LogP contribution >= 0.6 is 0 Å². The second kappa shape index (κ2) is 6.91. The molecule has 2 unspecified atom stereocenters. The van der Waals surface area contributed by atoms with E-state index in [4.69, 9.17) is 5.11 Å². The molecule has 2 rings (SSSR count). The third-order valence-corrected chi connectivity index (χ3v) is 4.61. The lowest BCUT2D eigenvalue weighted by Crippen LogP contribution is -2.47. The number of nitrogens with zero attached hydrogens (tertiary/aromatic N) is 2. The first kappa shape index (κ1) is 15.8. The summed E-state index contributed by atoms with van der Waals surface area (Å²) in [5.41, 5.74) is 0. The molecule has 21 heavy (non-hydrogen) atoms. The van der Waals surface area contributed by atoms with Gasteiger partial charge < -0.3 is 14.9 Å². The van der Waals surface area contributed by atoms with Gasteiger partial charge in [-0.2, -0.15) is 0 Å². The van der Waals surface area contributed by atoms with Crippen molar-refractivity contribution >= 4 is 17.8 Å². The lowest BCUT2D eigenvalue weighted by molar-refractivity contribution is -0.145. The molecule has 0 radical (unpaired) electrons. The molecule has 2 heterocycles. The maximum atomic E-state index is 12.5. The van der Waals surface area contributed by atoms with E-state index in [0.717, 1.165) is 25.8 Å². The average Bonchev–Trinajstić information content (AvgIpc) is 2.47. The van der Waals surface area contributed by atoms with E-state index in [0.29, 0.717) is 25.9 Å². The Hall–Kier alpha value is -1.59. The van der Waals surface area contributed by atoms with Gasteiger partial charge >= 0.3 is 5.97 Å². The van der Waals surface area contributed by atoms with Crippen LogP contribution < -0.4 is 0 Å². The number of hydrogen-bond donors (Lipinski definition) is 1. The molecular weight excluding hydrogens is 272 g/mol. The fourth-order valence-electron chi connectivity index (χ4n) is 3.24. The van der Waals surface area contributed by atoms with Crippen LogP contribution in [0.5, 0.6) is 0 Å². The van der Waals surface area contributed by atoms with Gasteiger partial charge in [0.25, 0.3) is 0 Å². The highest BCUT2D eigenvalue weighted by molar-refractivity contribution is 5.87. The largest absolute Gasteiger partial charge is 0.481 e. The van der Waals surface area contributed by atoms with Gasteiger partial charge in [0.15, 0.2) is 0 Å². The molecule has 1 N–H and O–H groups in total. The van der Waals surface area contributed by atoms with E-state index in [1.807, 2.05) is 4.90 Å². The lowest BCUT2D eigenvalue weighted by atomic mass is 9.90. The molecule has 118 valence electrons. The molecule has 0 aromatic rings. The topological polar surface area (TPSA) is 77.9 Å². The Morgan fingerprint density at radius 1 is 1.29 bits per heavy atom. The van der Waals surface area contributed by atoms with Crippen LogP contribution in [0, 0.1) is 11.8 Å². The monoisotopic (exact) mass is 296 g/mol. The van der Waals surface area contributed by atoms with E-state index in [-0.39, 0.29) is 30.1 Å². The number of hydrogen-bond acceptors (Lipinski definition) is 3. The van der Waals surface area contributed by atoms with Crippen LogP contribution in [0.3, 0.4) is 0 Å². The molecule has 2 amide bonds. The maximum absolute atomic E-state index is 12.5. The van der Waals surface area contributed by atoms with Crippen molar-refractivity contribution in [2.24, 2.45) is 11.8 Å². The van der Waals surface area contributed by atoms with Crippen molar-refractivity contribution < 1.29 is 19.5 Å². The predicted octanol–water partition coefficient (Wildman–Crippen LogP) is 0.958. The third kappa shape index (κ3) is 4.19. The van der Waals surface area contributed by atoms with Crippen LogP contribution in [0.15, 0.2) is 0 Å². The number of carbonyl (C=O) groups excluding carboxylic acids is 2. The number of carboxylic acid groups (broad SMARTS) is 1. The highest BCUT2D eigenvalue weighted by Gasteiger charge is 2.33. The van der Waals surface area contributed by atoms with Crippen LogP contribution in [-0.4, -0.2) is 59.4 Å². The van der Waals surface area contributed by atoms with Crippen LogP contribution in [0.25, 0.3) is 0 Å². The van der Waals surface area contributed by atoms with E-state index >= 15 is 0 Å². The van der Waals surface area contributed by atoms with Crippen molar-refractivity contribution in [2.75, 3.05) is 26.7 Å². The molecule has 2 atom stereocenters. The molecule has 2 fully saturated rings. The van der Waals surface area contributed by atoms with Crippen LogP contribution in [0.1, 0.15) is 38.5 Å². The van der Waals surface area contributed by atoms with Crippen LogP contribution in [-0.2, 0) is 14.4 Å². The Morgan fingerprint density at radius 3 is 2.71 bits per heavy atom. The minimum absolute atomic E-state index is 0.0408. The molecule has 0 aliphatic carbocycles. The minimum atomic E-state index is -0.778. The molecule has 0 aromatic carbocycles. The van der Waals surface area contributed by atoms with E-state index in [9.17, 15) is 14.4 Å². The Bertz CT molecular complexity index is 424. The van der Waals surface area contributed by atoms with Gasteiger partial charge in [-0.15, -0.1) is 0 Å². The quantitative estimate of drug-likeness (QED) is 0.838. The van der Waals surface area contributed by atoms with Gasteiger partial charge in [0.05, 0.1) is 0 Å². The zero-order valence-electron chi connectivity index (χ0n) is 12.6. The minimum Gasteiger partial charge on any atom is -0.481 e. The molecule has 0 bridgehead atoms. The van der Waals surface area contributed by atoms with Gasteiger partial charge in [0.2, 0.25) is 11.8 Å². The third-order valence-electron chi connectivity index (χ3n) is 4.61. The first-order valence-electron chi connectivity index (χ1n) is 7.72. The van der Waals surface area contributed by atoms with Crippen molar-refractivity contribution in [1.82, 2.24) is 9.80 Å². The first-order valence-corrected chi connectivity index (χ1v) is 7.72. The Morgan fingerprint density at radius 2 is 2.05 bits per heavy atom. The van der Waals surface area contributed by atoms with Crippen molar-refractivity contribution in [2.45, 2.75) is 38.5 Å². The fraction of sp³-hybridized carbons (Fsp3) is 0.800. The molecule has 0 aromatic heterocycles. The van der Waals surface area contributed by atoms with Gasteiger partial charge in [-0.1, -0.05) is 0 Å².